The van der Waals surface area contributed by atoms with Crippen LogP contribution in [-0.4, -0.2) is 42.7 Å². The third-order valence-corrected chi connectivity index (χ3v) is 4.84. The maximum absolute atomic E-state index is 12.8. The average molecular weight is 422 g/mol. The van der Waals surface area contributed by atoms with Crippen LogP contribution in [0.3, 0.4) is 0 Å². The van der Waals surface area contributed by atoms with Crippen molar-refractivity contribution < 1.29 is 14.3 Å². The fourth-order valence-electron chi connectivity index (χ4n) is 3.32. The number of imidazole rings is 1. The lowest BCUT2D eigenvalue weighted by Gasteiger charge is -2.14. The van der Waals surface area contributed by atoms with Crippen molar-refractivity contribution in [1.82, 2.24) is 24.7 Å². The first-order chi connectivity index (χ1) is 14.7. The van der Waals surface area contributed by atoms with Crippen LogP contribution in [0, 0.1) is 6.92 Å². The van der Waals surface area contributed by atoms with Crippen LogP contribution in [-0.2, 0) is 9.53 Å². The van der Waals surface area contributed by atoms with Crippen LogP contribution in [0.2, 0.25) is 0 Å². The van der Waals surface area contributed by atoms with E-state index >= 15 is 0 Å². The molecule has 3 N–H and O–H groups in total. The third kappa shape index (κ3) is 3.91. The monoisotopic (exact) mass is 422 g/mol. The van der Waals surface area contributed by atoms with Crippen molar-refractivity contribution >= 4 is 39.6 Å². The molecule has 1 aromatic carbocycles. The molecule has 1 unspecified atom stereocenters. The standard InChI is InChI=1S/C21H22N6O4/c1-10(2)27-18-15(9-22-27)14(7-11(3)23-18)20(29)31-12(4)19(28)24-13-5-6-16-17(8-13)26-21(30)25-16/h5-10,12H,1-4H3,(H,24,28)(H2,25,26,30). The second-order valence-electron chi connectivity index (χ2n) is 7.61. The van der Waals surface area contributed by atoms with Crippen LogP contribution in [0.25, 0.3) is 22.1 Å². The van der Waals surface area contributed by atoms with Crippen molar-refractivity contribution in [2.24, 2.45) is 0 Å². The molecule has 0 saturated heterocycles. The minimum absolute atomic E-state index is 0.0766. The Labute approximate surface area is 176 Å². The number of anilines is 1. The Balaban J connectivity index is 1.52. The zero-order valence-electron chi connectivity index (χ0n) is 17.5. The number of pyridine rings is 1. The van der Waals surface area contributed by atoms with E-state index in [-0.39, 0.29) is 11.7 Å². The summed E-state index contributed by atoms with van der Waals surface area (Å²) in [6, 6.07) is 6.64. The molecule has 3 heterocycles. The summed E-state index contributed by atoms with van der Waals surface area (Å²) < 4.78 is 7.15. The number of ether oxygens (including phenoxy) is 1. The number of aromatic amines is 2. The van der Waals surface area contributed by atoms with Crippen molar-refractivity contribution in [3.05, 3.63) is 52.2 Å². The van der Waals surface area contributed by atoms with E-state index in [0.717, 1.165) is 0 Å². The number of amides is 1. The number of carbonyl (C=O) groups excluding carboxylic acids is 2. The van der Waals surface area contributed by atoms with E-state index in [2.05, 4.69) is 25.4 Å². The van der Waals surface area contributed by atoms with Gasteiger partial charge in [0.25, 0.3) is 5.91 Å². The molecule has 0 fully saturated rings. The molecule has 0 aliphatic carbocycles. The highest BCUT2D eigenvalue weighted by Gasteiger charge is 2.23. The Kier molecular flexibility index (Phi) is 5.05. The van der Waals surface area contributed by atoms with Crippen LogP contribution < -0.4 is 11.0 Å². The molecule has 0 saturated carbocycles. The molecule has 1 amide bonds. The molecule has 1 atom stereocenters. The molecule has 0 bridgehead atoms. The molecule has 160 valence electrons. The summed E-state index contributed by atoms with van der Waals surface area (Å²) in [7, 11) is 0. The Bertz CT molecular complexity index is 1360. The van der Waals surface area contributed by atoms with Gasteiger partial charge in [0, 0.05) is 17.4 Å². The molecule has 31 heavy (non-hydrogen) atoms. The van der Waals surface area contributed by atoms with Crippen LogP contribution in [0.1, 0.15) is 42.9 Å². The molecule has 0 aliphatic heterocycles. The molecule has 0 radical (unpaired) electrons. The molecule has 4 aromatic rings. The number of hydrogen-bond acceptors (Lipinski definition) is 6. The summed E-state index contributed by atoms with van der Waals surface area (Å²) >= 11 is 0. The lowest BCUT2D eigenvalue weighted by Crippen LogP contribution is -2.30. The number of carbonyl (C=O) groups is 2. The summed E-state index contributed by atoms with van der Waals surface area (Å²) in [5.74, 6) is -1.13. The SMILES string of the molecule is Cc1cc(C(=O)OC(C)C(=O)Nc2ccc3[nH]c(=O)[nH]c3c2)c2cnn(C(C)C)c2n1. The molecular weight excluding hydrogens is 400 g/mol. The number of nitrogens with zero attached hydrogens (tertiary/aromatic N) is 3. The summed E-state index contributed by atoms with van der Waals surface area (Å²) in [6.45, 7) is 7.22. The van der Waals surface area contributed by atoms with E-state index in [4.69, 9.17) is 4.74 Å². The number of benzene rings is 1. The van der Waals surface area contributed by atoms with Crippen LogP contribution >= 0.6 is 0 Å². The quantitative estimate of drug-likeness (QED) is 0.423. The van der Waals surface area contributed by atoms with E-state index in [1.807, 2.05) is 13.8 Å². The fraction of sp³-hybridized carbons (Fsp3) is 0.286. The van der Waals surface area contributed by atoms with E-state index in [0.29, 0.717) is 39.0 Å². The lowest BCUT2D eigenvalue weighted by molar-refractivity contribution is -0.123. The normalized spacial score (nSPS) is 12.4. The highest BCUT2D eigenvalue weighted by Crippen LogP contribution is 2.22. The highest BCUT2D eigenvalue weighted by molar-refractivity contribution is 6.04. The number of aryl methyl sites for hydroxylation is 1. The summed E-state index contributed by atoms with van der Waals surface area (Å²) in [4.78, 5) is 46.5. The van der Waals surface area contributed by atoms with Gasteiger partial charge in [-0.25, -0.2) is 19.3 Å². The van der Waals surface area contributed by atoms with Crippen LogP contribution in [0.4, 0.5) is 5.69 Å². The third-order valence-electron chi connectivity index (χ3n) is 4.84. The van der Waals surface area contributed by atoms with Crippen molar-refractivity contribution in [3.8, 4) is 0 Å². The topological polar surface area (TPSA) is 135 Å². The van der Waals surface area contributed by atoms with Gasteiger partial charge in [0.15, 0.2) is 11.8 Å². The summed E-state index contributed by atoms with van der Waals surface area (Å²) in [6.07, 6.45) is 0.535. The highest BCUT2D eigenvalue weighted by atomic mass is 16.5. The van der Waals surface area contributed by atoms with Crippen molar-refractivity contribution in [1.29, 1.82) is 0 Å². The van der Waals surface area contributed by atoms with Gasteiger partial charge in [0.05, 0.1) is 28.2 Å². The Morgan fingerprint density at radius 3 is 2.61 bits per heavy atom. The van der Waals surface area contributed by atoms with Gasteiger partial charge < -0.3 is 20.0 Å². The molecular formula is C21H22N6O4. The molecule has 0 spiro atoms. The number of aromatic nitrogens is 5. The van der Waals surface area contributed by atoms with Crippen LogP contribution in [0.5, 0.6) is 0 Å². The molecule has 0 aliphatic rings. The molecule has 10 heteroatoms. The second-order valence-corrected chi connectivity index (χ2v) is 7.61. The van der Waals surface area contributed by atoms with Crippen molar-refractivity contribution in [2.45, 2.75) is 39.8 Å². The average Bonchev–Trinajstić information content (AvgIpc) is 3.29. The zero-order valence-corrected chi connectivity index (χ0v) is 17.5. The minimum atomic E-state index is -1.04. The number of fused-ring (bicyclic) bond motifs is 2. The fourth-order valence-corrected chi connectivity index (χ4v) is 3.32. The van der Waals surface area contributed by atoms with Gasteiger partial charge in [-0.2, -0.15) is 5.10 Å². The lowest BCUT2D eigenvalue weighted by atomic mass is 10.1. The number of nitrogens with one attached hydrogen (secondary N) is 3. The van der Waals surface area contributed by atoms with Gasteiger partial charge in [-0.05, 0) is 52.0 Å². The first-order valence-corrected chi connectivity index (χ1v) is 9.81. The van der Waals surface area contributed by atoms with Crippen LogP contribution in [0.15, 0.2) is 35.3 Å². The predicted octanol–water partition coefficient (Wildman–Crippen LogP) is 2.67. The molecule has 4 rings (SSSR count). The number of hydrogen-bond donors (Lipinski definition) is 3. The van der Waals surface area contributed by atoms with E-state index < -0.39 is 18.0 Å². The maximum atomic E-state index is 12.8. The first-order valence-electron chi connectivity index (χ1n) is 9.81. The Hall–Kier alpha value is -3.95. The maximum Gasteiger partial charge on any atom is 0.339 e. The molecule has 10 nitrogen and oxygen atoms in total. The predicted molar refractivity (Wildman–Crippen MR) is 115 cm³/mol. The van der Waals surface area contributed by atoms with E-state index in [9.17, 15) is 14.4 Å². The number of H-pyrrole nitrogens is 2. The van der Waals surface area contributed by atoms with E-state index in [1.165, 1.54) is 6.92 Å². The van der Waals surface area contributed by atoms with Gasteiger partial charge in [0.1, 0.15) is 0 Å². The van der Waals surface area contributed by atoms with Crippen molar-refractivity contribution in [2.75, 3.05) is 5.32 Å². The Morgan fingerprint density at radius 2 is 1.87 bits per heavy atom. The molecule has 3 aromatic heterocycles. The van der Waals surface area contributed by atoms with Crippen molar-refractivity contribution in [3.63, 3.8) is 0 Å². The zero-order chi connectivity index (χ0) is 22.3. The van der Waals surface area contributed by atoms with E-state index in [1.54, 1.807) is 42.1 Å². The number of esters is 1. The largest absolute Gasteiger partial charge is 0.449 e. The first kappa shape index (κ1) is 20.3. The summed E-state index contributed by atoms with van der Waals surface area (Å²) in [5, 5.41) is 7.57. The van der Waals surface area contributed by atoms with Gasteiger partial charge in [-0.3, -0.25) is 4.79 Å². The van der Waals surface area contributed by atoms with Gasteiger partial charge in [-0.1, -0.05) is 0 Å². The smallest absolute Gasteiger partial charge is 0.339 e. The Morgan fingerprint density at radius 1 is 1.13 bits per heavy atom. The number of rotatable bonds is 5. The minimum Gasteiger partial charge on any atom is -0.449 e. The van der Waals surface area contributed by atoms with Gasteiger partial charge >= 0.3 is 11.7 Å². The second kappa shape index (κ2) is 7.71. The van der Waals surface area contributed by atoms with Gasteiger partial charge in [0.2, 0.25) is 0 Å². The summed E-state index contributed by atoms with van der Waals surface area (Å²) in [5.41, 5.74) is 2.86. The van der Waals surface area contributed by atoms with Gasteiger partial charge in [-0.15, -0.1) is 0 Å².